The van der Waals surface area contributed by atoms with Crippen molar-refractivity contribution in [1.82, 2.24) is 14.9 Å². The van der Waals surface area contributed by atoms with Gasteiger partial charge in [0.15, 0.2) is 0 Å². The van der Waals surface area contributed by atoms with E-state index < -0.39 is 10.0 Å². The lowest BCUT2D eigenvalue weighted by Crippen LogP contribution is -2.28. The Hall–Kier alpha value is -0.510. The number of nitrogens with one attached hydrogen (secondary N) is 2. The molecule has 1 aromatic rings. The molecule has 0 bridgehead atoms. The van der Waals surface area contributed by atoms with Gasteiger partial charge < -0.3 is 15.0 Å². The van der Waals surface area contributed by atoms with Crippen molar-refractivity contribution in [1.29, 1.82) is 0 Å². The van der Waals surface area contributed by atoms with Gasteiger partial charge >= 0.3 is 0 Å². The minimum atomic E-state index is -3.41. The summed E-state index contributed by atoms with van der Waals surface area (Å²) in [6.07, 6.45) is 0. The molecule has 6 nitrogen and oxygen atoms in total. The number of hydrogen-bond donors (Lipinski definition) is 2. The topological polar surface area (TPSA) is 70.7 Å². The van der Waals surface area contributed by atoms with Gasteiger partial charge in [0.1, 0.15) is 4.21 Å². The van der Waals surface area contributed by atoms with Crippen LogP contribution >= 0.6 is 11.3 Å². The van der Waals surface area contributed by atoms with E-state index in [1.807, 2.05) is 32.1 Å². The third-order valence-electron chi connectivity index (χ3n) is 2.47. The van der Waals surface area contributed by atoms with Crippen molar-refractivity contribution in [2.24, 2.45) is 0 Å². The van der Waals surface area contributed by atoms with Crippen molar-refractivity contribution in [3.8, 4) is 0 Å². The lowest BCUT2D eigenvalue weighted by atomic mass is 10.5. The van der Waals surface area contributed by atoms with E-state index in [9.17, 15) is 8.42 Å². The first-order valence-corrected chi connectivity index (χ1v) is 8.71. The van der Waals surface area contributed by atoms with E-state index in [1.54, 1.807) is 6.07 Å². The van der Waals surface area contributed by atoms with Gasteiger partial charge in [0.25, 0.3) is 0 Å². The second-order valence-corrected chi connectivity index (χ2v) is 7.73. The summed E-state index contributed by atoms with van der Waals surface area (Å²) < 4.78 is 32.2. The van der Waals surface area contributed by atoms with Crippen LogP contribution < -0.4 is 10.0 Å². The fourth-order valence-electron chi connectivity index (χ4n) is 1.44. The summed E-state index contributed by atoms with van der Waals surface area (Å²) in [4.78, 5) is 3.01. The molecule has 0 saturated heterocycles. The Morgan fingerprint density at radius 1 is 1.30 bits per heavy atom. The number of thiophene rings is 1. The highest BCUT2D eigenvalue weighted by atomic mass is 32.2. The van der Waals surface area contributed by atoms with Gasteiger partial charge in [-0.3, -0.25) is 0 Å². The Balaban J connectivity index is 2.33. The van der Waals surface area contributed by atoms with Gasteiger partial charge in [0.2, 0.25) is 10.0 Å². The van der Waals surface area contributed by atoms with Crippen LogP contribution in [0, 0.1) is 0 Å². The monoisotopic (exact) mass is 321 g/mol. The maximum Gasteiger partial charge on any atom is 0.250 e. The van der Waals surface area contributed by atoms with Crippen molar-refractivity contribution >= 4 is 21.4 Å². The number of likely N-dealkylation sites (N-methyl/N-ethyl adjacent to an activating group) is 1. The van der Waals surface area contributed by atoms with Crippen molar-refractivity contribution in [2.45, 2.75) is 10.8 Å². The smallest absolute Gasteiger partial charge is 0.250 e. The summed E-state index contributed by atoms with van der Waals surface area (Å²) in [5, 5.41) is 3.00. The number of hydrogen-bond acceptors (Lipinski definition) is 6. The number of sulfonamides is 1. The van der Waals surface area contributed by atoms with E-state index in [0.717, 1.165) is 11.4 Å². The third-order valence-corrected chi connectivity index (χ3v) is 5.51. The summed E-state index contributed by atoms with van der Waals surface area (Å²) in [6.45, 7) is 2.76. The molecule has 116 valence electrons. The molecule has 0 atom stereocenters. The molecule has 1 heterocycles. The second kappa shape index (κ2) is 8.71. The van der Waals surface area contributed by atoms with Crippen LogP contribution in [0.5, 0.6) is 0 Å². The van der Waals surface area contributed by atoms with Crippen molar-refractivity contribution in [3.63, 3.8) is 0 Å². The predicted octanol–water partition coefficient (Wildman–Crippen LogP) is 0.324. The Morgan fingerprint density at radius 2 is 2.05 bits per heavy atom. The zero-order valence-corrected chi connectivity index (χ0v) is 13.8. The fraction of sp³-hybridized carbons (Fsp3) is 0.667. The van der Waals surface area contributed by atoms with Crippen LogP contribution in [-0.2, 0) is 21.3 Å². The number of ether oxygens (including phenoxy) is 1. The lowest BCUT2D eigenvalue weighted by molar-refractivity contribution is 0.122. The fourth-order valence-corrected chi connectivity index (χ4v) is 3.87. The van der Waals surface area contributed by atoms with Crippen LogP contribution in [0.1, 0.15) is 4.88 Å². The molecule has 0 spiro atoms. The van der Waals surface area contributed by atoms with Gasteiger partial charge in [-0.05, 0) is 33.3 Å². The SMILES string of the molecule is CNCc1ccc(S(=O)(=O)NCCOCCN(C)C)s1. The molecular formula is C12H23N3O3S2. The molecule has 0 fully saturated rings. The van der Waals surface area contributed by atoms with Gasteiger partial charge in [-0.1, -0.05) is 0 Å². The van der Waals surface area contributed by atoms with Crippen LogP contribution in [0.15, 0.2) is 16.3 Å². The van der Waals surface area contributed by atoms with Crippen molar-refractivity contribution in [3.05, 3.63) is 17.0 Å². The highest BCUT2D eigenvalue weighted by Crippen LogP contribution is 2.20. The van der Waals surface area contributed by atoms with Gasteiger partial charge in [0.05, 0.1) is 13.2 Å². The predicted molar refractivity (Wildman–Crippen MR) is 81.6 cm³/mol. The maximum atomic E-state index is 12.0. The summed E-state index contributed by atoms with van der Waals surface area (Å²) in [7, 11) is 2.35. The minimum absolute atomic E-state index is 0.287. The van der Waals surface area contributed by atoms with Crippen LogP contribution in [0.2, 0.25) is 0 Å². The van der Waals surface area contributed by atoms with Crippen molar-refractivity contribution < 1.29 is 13.2 Å². The zero-order chi connectivity index (χ0) is 15.0. The molecule has 0 aliphatic carbocycles. The Morgan fingerprint density at radius 3 is 2.70 bits per heavy atom. The summed E-state index contributed by atoms with van der Waals surface area (Å²) in [6, 6.07) is 3.45. The molecule has 0 radical (unpaired) electrons. The molecule has 2 N–H and O–H groups in total. The Bertz CT molecular complexity index is 486. The standard InChI is InChI=1S/C12H23N3O3S2/c1-13-10-11-4-5-12(19-11)20(16,17)14-6-8-18-9-7-15(2)3/h4-5,13-14H,6-10H2,1-3H3. The molecule has 0 unspecified atom stereocenters. The highest BCUT2D eigenvalue weighted by Gasteiger charge is 2.15. The van der Waals surface area contributed by atoms with Crippen molar-refractivity contribution in [2.75, 3.05) is 47.4 Å². The average molecular weight is 321 g/mol. The molecule has 1 rings (SSSR count). The molecule has 0 aliphatic rings. The summed E-state index contributed by atoms with van der Waals surface area (Å²) in [5.41, 5.74) is 0. The second-order valence-electron chi connectivity index (χ2n) is 4.56. The molecular weight excluding hydrogens is 298 g/mol. The van der Waals surface area contributed by atoms with Crippen LogP contribution in [0.4, 0.5) is 0 Å². The van der Waals surface area contributed by atoms with Crippen LogP contribution in [0.3, 0.4) is 0 Å². The van der Waals surface area contributed by atoms with Crippen LogP contribution in [0.25, 0.3) is 0 Å². The van der Waals surface area contributed by atoms with Gasteiger partial charge in [-0.25, -0.2) is 13.1 Å². The largest absolute Gasteiger partial charge is 0.379 e. The molecule has 1 aromatic heterocycles. The van der Waals surface area contributed by atoms with E-state index in [1.165, 1.54) is 11.3 Å². The minimum Gasteiger partial charge on any atom is -0.379 e. The van der Waals surface area contributed by atoms with Gasteiger partial charge in [-0.2, -0.15) is 0 Å². The summed E-state index contributed by atoms with van der Waals surface area (Å²) >= 11 is 1.28. The van der Waals surface area contributed by atoms with E-state index in [2.05, 4.69) is 10.0 Å². The number of nitrogens with zero attached hydrogens (tertiary/aromatic N) is 1. The first kappa shape index (κ1) is 17.5. The van der Waals surface area contributed by atoms with Crippen LogP contribution in [-0.4, -0.2) is 60.8 Å². The molecule has 0 amide bonds. The molecule has 0 saturated carbocycles. The van der Waals surface area contributed by atoms with E-state index in [4.69, 9.17) is 4.74 Å². The zero-order valence-electron chi connectivity index (χ0n) is 12.2. The van der Waals surface area contributed by atoms with Gasteiger partial charge in [0, 0.05) is 24.5 Å². The van der Waals surface area contributed by atoms with E-state index in [0.29, 0.717) is 24.0 Å². The maximum absolute atomic E-state index is 12.0. The molecule has 8 heteroatoms. The van der Waals surface area contributed by atoms with E-state index >= 15 is 0 Å². The molecule has 0 aromatic carbocycles. The van der Waals surface area contributed by atoms with E-state index in [-0.39, 0.29) is 6.54 Å². The molecule has 20 heavy (non-hydrogen) atoms. The average Bonchev–Trinajstić information content (AvgIpc) is 2.83. The molecule has 0 aliphatic heterocycles. The third kappa shape index (κ3) is 6.29. The first-order chi connectivity index (χ1) is 9.45. The Kier molecular flexibility index (Phi) is 7.63. The normalized spacial score (nSPS) is 12.2. The quantitative estimate of drug-likeness (QED) is 0.608. The lowest BCUT2D eigenvalue weighted by Gasteiger charge is -2.10. The highest BCUT2D eigenvalue weighted by molar-refractivity contribution is 7.91. The first-order valence-electron chi connectivity index (χ1n) is 6.41. The number of rotatable bonds is 10. The Labute approximate surface area is 125 Å². The summed E-state index contributed by atoms with van der Waals surface area (Å²) in [5.74, 6) is 0. The van der Waals surface area contributed by atoms with Gasteiger partial charge in [-0.15, -0.1) is 11.3 Å².